The first-order chi connectivity index (χ1) is 7.42. The highest BCUT2D eigenvalue weighted by molar-refractivity contribution is 5.55. The van der Waals surface area contributed by atoms with Gasteiger partial charge in [-0.05, 0) is 44.9 Å². The van der Waals surface area contributed by atoms with Crippen LogP contribution in [0, 0.1) is 18.3 Å². The Balaban J connectivity index is 2.64. The van der Waals surface area contributed by atoms with E-state index >= 15 is 0 Å². The highest BCUT2D eigenvalue weighted by atomic mass is 16.3. The smallest absolute Gasteiger partial charge is 0.0992 e. The average Bonchev–Trinajstić information content (AvgIpc) is 2.19. The molecule has 0 aliphatic rings. The number of nitrogens with zero attached hydrogens (tertiary/aromatic N) is 1. The van der Waals surface area contributed by atoms with Gasteiger partial charge in [0.2, 0.25) is 0 Å². The van der Waals surface area contributed by atoms with Crippen molar-refractivity contribution in [2.24, 2.45) is 0 Å². The summed E-state index contributed by atoms with van der Waals surface area (Å²) < 4.78 is 0. The van der Waals surface area contributed by atoms with Crippen LogP contribution in [0.25, 0.3) is 0 Å². The second kappa shape index (κ2) is 5.00. The first kappa shape index (κ1) is 12.5. The van der Waals surface area contributed by atoms with Crippen molar-refractivity contribution in [3.63, 3.8) is 0 Å². The quantitative estimate of drug-likeness (QED) is 0.816. The van der Waals surface area contributed by atoms with Gasteiger partial charge in [0, 0.05) is 12.2 Å². The van der Waals surface area contributed by atoms with Gasteiger partial charge in [-0.1, -0.05) is 6.07 Å². The minimum atomic E-state index is -0.659. The standard InChI is InChI=1S/C13H18N2O/c1-10-4-5-11(9-14)8-12(10)15-7-6-13(2,3)16/h4-5,8,15-16H,6-7H2,1-3H3. The van der Waals surface area contributed by atoms with Crippen molar-refractivity contribution in [2.75, 3.05) is 11.9 Å². The van der Waals surface area contributed by atoms with Gasteiger partial charge < -0.3 is 10.4 Å². The number of nitrogens with one attached hydrogen (secondary N) is 1. The van der Waals surface area contributed by atoms with E-state index in [1.807, 2.05) is 19.1 Å². The molecule has 0 fully saturated rings. The summed E-state index contributed by atoms with van der Waals surface area (Å²) in [4.78, 5) is 0. The molecule has 0 aliphatic carbocycles. The largest absolute Gasteiger partial charge is 0.390 e. The Bertz CT molecular complexity index is 399. The lowest BCUT2D eigenvalue weighted by Gasteiger charge is -2.18. The maximum Gasteiger partial charge on any atom is 0.0992 e. The normalized spacial score (nSPS) is 10.9. The zero-order valence-corrected chi connectivity index (χ0v) is 10.0. The number of hydrogen-bond donors (Lipinski definition) is 2. The summed E-state index contributed by atoms with van der Waals surface area (Å²) in [7, 11) is 0. The molecule has 1 aromatic rings. The lowest BCUT2D eigenvalue weighted by Crippen LogP contribution is -2.22. The van der Waals surface area contributed by atoms with Gasteiger partial charge in [0.1, 0.15) is 0 Å². The Morgan fingerprint density at radius 1 is 1.44 bits per heavy atom. The van der Waals surface area contributed by atoms with Gasteiger partial charge >= 0.3 is 0 Å². The SMILES string of the molecule is Cc1ccc(C#N)cc1NCCC(C)(C)O. The van der Waals surface area contributed by atoms with Gasteiger partial charge in [0.15, 0.2) is 0 Å². The molecule has 0 saturated heterocycles. The van der Waals surface area contributed by atoms with E-state index in [1.54, 1.807) is 19.9 Å². The second-order valence-electron chi connectivity index (χ2n) is 4.63. The van der Waals surface area contributed by atoms with Crippen LogP contribution in [0.1, 0.15) is 31.4 Å². The van der Waals surface area contributed by atoms with Gasteiger partial charge in [-0.15, -0.1) is 0 Å². The zero-order chi connectivity index (χ0) is 12.2. The first-order valence-corrected chi connectivity index (χ1v) is 5.39. The predicted octanol–water partition coefficient (Wildman–Crippen LogP) is 2.44. The molecule has 1 aromatic carbocycles. The fourth-order valence-corrected chi connectivity index (χ4v) is 1.39. The van der Waals surface area contributed by atoms with E-state index in [1.165, 1.54) is 0 Å². The molecule has 3 heteroatoms. The Hall–Kier alpha value is -1.53. The van der Waals surface area contributed by atoms with Crippen molar-refractivity contribution in [1.82, 2.24) is 0 Å². The van der Waals surface area contributed by atoms with E-state index < -0.39 is 5.60 Å². The van der Waals surface area contributed by atoms with Crippen LogP contribution in [0.3, 0.4) is 0 Å². The van der Waals surface area contributed by atoms with Crippen molar-refractivity contribution in [2.45, 2.75) is 32.8 Å². The molecule has 0 aliphatic heterocycles. The lowest BCUT2D eigenvalue weighted by molar-refractivity contribution is 0.0749. The number of anilines is 1. The second-order valence-corrected chi connectivity index (χ2v) is 4.63. The molecule has 0 bridgehead atoms. The molecule has 0 aromatic heterocycles. The minimum absolute atomic E-state index is 0.649. The van der Waals surface area contributed by atoms with Gasteiger partial charge in [0.05, 0.1) is 17.2 Å². The number of aryl methyl sites for hydroxylation is 1. The summed E-state index contributed by atoms with van der Waals surface area (Å²) in [6.07, 6.45) is 0.670. The molecular formula is C13H18N2O. The lowest BCUT2D eigenvalue weighted by atomic mass is 10.1. The topological polar surface area (TPSA) is 56.0 Å². The van der Waals surface area contributed by atoms with E-state index in [2.05, 4.69) is 11.4 Å². The highest BCUT2D eigenvalue weighted by Crippen LogP contribution is 2.17. The molecule has 1 rings (SSSR count). The molecule has 0 saturated carbocycles. The first-order valence-electron chi connectivity index (χ1n) is 5.39. The summed E-state index contributed by atoms with van der Waals surface area (Å²) in [5.74, 6) is 0. The van der Waals surface area contributed by atoms with Crippen molar-refractivity contribution in [1.29, 1.82) is 5.26 Å². The van der Waals surface area contributed by atoms with Gasteiger partial charge in [0.25, 0.3) is 0 Å². The minimum Gasteiger partial charge on any atom is -0.390 e. The number of rotatable bonds is 4. The Morgan fingerprint density at radius 3 is 2.69 bits per heavy atom. The third-order valence-corrected chi connectivity index (χ3v) is 2.42. The predicted molar refractivity (Wildman–Crippen MR) is 65.3 cm³/mol. The third-order valence-electron chi connectivity index (χ3n) is 2.42. The fraction of sp³-hybridized carbons (Fsp3) is 0.462. The van der Waals surface area contributed by atoms with Crippen LogP contribution < -0.4 is 5.32 Å². The van der Waals surface area contributed by atoms with E-state index in [9.17, 15) is 5.11 Å². The number of hydrogen-bond acceptors (Lipinski definition) is 3. The summed E-state index contributed by atoms with van der Waals surface area (Å²) in [6, 6.07) is 7.67. The molecule has 0 unspecified atom stereocenters. The molecule has 2 N–H and O–H groups in total. The Kier molecular flexibility index (Phi) is 3.92. The molecule has 16 heavy (non-hydrogen) atoms. The molecule has 86 valence electrons. The summed E-state index contributed by atoms with van der Waals surface area (Å²) in [5.41, 5.74) is 2.06. The van der Waals surface area contributed by atoms with Crippen molar-refractivity contribution < 1.29 is 5.11 Å². The van der Waals surface area contributed by atoms with Crippen LogP contribution in [-0.4, -0.2) is 17.3 Å². The van der Waals surface area contributed by atoms with E-state index in [0.29, 0.717) is 18.5 Å². The average molecular weight is 218 g/mol. The molecule has 0 atom stereocenters. The van der Waals surface area contributed by atoms with Crippen LogP contribution in [0.5, 0.6) is 0 Å². The fourth-order valence-electron chi connectivity index (χ4n) is 1.39. The molecule has 0 amide bonds. The molecule has 3 nitrogen and oxygen atoms in total. The zero-order valence-electron chi connectivity index (χ0n) is 10.0. The molecule has 0 heterocycles. The molecule has 0 radical (unpaired) electrons. The van der Waals surface area contributed by atoms with Crippen LogP contribution in [0.2, 0.25) is 0 Å². The molecular weight excluding hydrogens is 200 g/mol. The highest BCUT2D eigenvalue weighted by Gasteiger charge is 2.11. The van der Waals surface area contributed by atoms with Crippen LogP contribution >= 0.6 is 0 Å². The maximum atomic E-state index is 9.57. The van der Waals surface area contributed by atoms with Gasteiger partial charge in [-0.25, -0.2) is 0 Å². The van der Waals surface area contributed by atoms with Crippen LogP contribution in [0.15, 0.2) is 18.2 Å². The van der Waals surface area contributed by atoms with E-state index in [0.717, 1.165) is 11.3 Å². The Morgan fingerprint density at radius 2 is 2.12 bits per heavy atom. The van der Waals surface area contributed by atoms with E-state index in [4.69, 9.17) is 5.26 Å². The van der Waals surface area contributed by atoms with Crippen molar-refractivity contribution in [3.05, 3.63) is 29.3 Å². The number of benzene rings is 1. The maximum absolute atomic E-state index is 9.57. The van der Waals surface area contributed by atoms with Crippen LogP contribution in [0.4, 0.5) is 5.69 Å². The van der Waals surface area contributed by atoms with Gasteiger partial charge in [-0.2, -0.15) is 5.26 Å². The number of aliphatic hydroxyl groups is 1. The molecule has 0 spiro atoms. The number of nitriles is 1. The van der Waals surface area contributed by atoms with E-state index in [-0.39, 0.29) is 0 Å². The summed E-state index contributed by atoms with van der Waals surface area (Å²) in [6.45, 7) is 6.26. The van der Waals surface area contributed by atoms with Crippen molar-refractivity contribution >= 4 is 5.69 Å². The Labute approximate surface area is 96.7 Å². The third kappa shape index (κ3) is 3.92. The van der Waals surface area contributed by atoms with Gasteiger partial charge in [-0.3, -0.25) is 0 Å². The summed E-state index contributed by atoms with van der Waals surface area (Å²) in [5, 5.41) is 21.6. The summed E-state index contributed by atoms with van der Waals surface area (Å²) >= 11 is 0. The van der Waals surface area contributed by atoms with Crippen molar-refractivity contribution in [3.8, 4) is 6.07 Å². The monoisotopic (exact) mass is 218 g/mol. The van der Waals surface area contributed by atoms with Crippen LogP contribution in [-0.2, 0) is 0 Å².